The zero-order valence-corrected chi connectivity index (χ0v) is 11.0. The lowest BCUT2D eigenvalue weighted by Gasteiger charge is -2.33. The molecule has 0 bridgehead atoms. The summed E-state index contributed by atoms with van der Waals surface area (Å²) < 4.78 is 0. The van der Waals surface area contributed by atoms with E-state index in [1.54, 1.807) is 6.07 Å². The third-order valence-corrected chi connectivity index (χ3v) is 3.56. The number of nitrogens with zero attached hydrogens (tertiary/aromatic N) is 2. The number of nitro benzene ring substituents is 1. The minimum absolute atomic E-state index is 0.0424. The Morgan fingerprint density at radius 3 is 2.89 bits per heavy atom. The standard InChI is InChI=1S/C12H16ClN3O2/c1-8-5-12(16(17)18)10(13)6-11(8)15-4-2-3-9(14)7-15/h5-6,9H,2-4,7,14H2,1H3/t9-/m1/s1. The van der Waals surface area contributed by atoms with Gasteiger partial charge in [0.15, 0.2) is 0 Å². The molecule has 2 N–H and O–H groups in total. The number of aryl methyl sites for hydroxylation is 1. The number of halogens is 1. The van der Waals surface area contributed by atoms with E-state index in [-0.39, 0.29) is 16.8 Å². The van der Waals surface area contributed by atoms with Gasteiger partial charge in [0, 0.05) is 30.9 Å². The second kappa shape index (κ2) is 5.12. The van der Waals surface area contributed by atoms with Gasteiger partial charge in [0.1, 0.15) is 5.02 Å². The minimum atomic E-state index is -0.457. The van der Waals surface area contributed by atoms with Crippen LogP contribution in [0, 0.1) is 17.0 Å². The van der Waals surface area contributed by atoms with Gasteiger partial charge < -0.3 is 10.6 Å². The predicted octanol–water partition coefficient (Wildman–Crippen LogP) is 2.48. The van der Waals surface area contributed by atoms with Crippen molar-refractivity contribution in [1.29, 1.82) is 0 Å². The van der Waals surface area contributed by atoms with Crippen LogP contribution in [-0.2, 0) is 0 Å². The SMILES string of the molecule is Cc1cc([N+](=O)[O-])c(Cl)cc1N1CCC[C@@H](N)C1. The van der Waals surface area contributed by atoms with Crippen LogP contribution in [0.5, 0.6) is 0 Å². The lowest BCUT2D eigenvalue weighted by Crippen LogP contribution is -2.43. The van der Waals surface area contributed by atoms with Crippen molar-refractivity contribution < 1.29 is 4.92 Å². The van der Waals surface area contributed by atoms with Crippen molar-refractivity contribution >= 4 is 23.0 Å². The topological polar surface area (TPSA) is 72.4 Å². The minimum Gasteiger partial charge on any atom is -0.370 e. The van der Waals surface area contributed by atoms with Crippen LogP contribution in [0.25, 0.3) is 0 Å². The highest BCUT2D eigenvalue weighted by Gasteiger charge is 2.21. The van der Waals surface area contributed by atoms with E-state index in [0.717, 1.165) is 37.2 Å². The molecule has 2 rings (SSSR count). The molecule has 1 atom stereocenters. The molecule has 0 amide bonds. The molecule has 5 nitrogen and oxygen atoms in total. The number of anilines is 1. The Bertz CT molecular complexity index is 479. The molecule has 0 unspecified atom stereocenters. The summed E-state index contributed by atoms with van der Waals surface area (Å²) in [6, 6.07) is 3.36. The van der Waals surface area contributed by atoms with Gasteiger partial charge in [-0.25, -0.2) is 0 Å². The molecule has 6 heteroatoms. The number of nitro groups is 1. The van der Waals surface area contributed by atoms with Gasteiger partial charge in [0.2, 0.25) is 0 Å². The fourth-order valence-corrected chi connectivity index (χ4v) is 2.59. The molecular weight excluding hydrogens is 254 g/mol. The Morgan fingerprint density at radius 1 is 1.56 bits per heavy atom. The van der Waals surface area contributed by atoms with Crippen molar-refractivity contribution in [3.05, 3.63) is 32.8 Å². The van der Waals surface area contributed by atoms with Crippen molar-refractivity contribution in [1.82, 2.24) is 0 Å². The average Bonchev–Trinajstić information content (AvgIpc) is 2.31. The Hall–Kier alpha value is -1.33. The zero-order chi connectivity index (χ0) is 13.3. The van der Waals surface area contributed by atoms with E-state index < -0.39 is 4.92 Å². The summed E-state index contributed by atoms with van der Waals surface area (Å²) in [5.41, 5.74) is 7.71. The van der Waals surface area contributed by atoms with E-state index >= 15 is 0 Å². The quantitative estimate of drug-likeness (QED) is 0.661. The van der Waals surface area contributed by atoms with Gasteiger partial charge in [-0.05, 0) is 31.4 Å². The second-order valence-electron chi connectivity index (χ2n) is 4.70. The monoisotopic (exact) mass is 269 g/mol. The van der Waals surface area contributed by atoms with Gasteiger partial charge in [-0.15, -0.1) is 0 Å². The molecule has 1 saturated heterocycles. The molecule has 0 aromatic heterocycles. The maximum absolute atomic E-state index is 10.8. The van der Waals surface area contributed by atoms with Crippen LogP contribution in [0.4, 0.5) is 11.4 Å². The molecule has 98 valence electrons. The lowest BCUT2D eigenvalue weighted by molar-refractivity contribution is -0.384. The summed E-state index contributed by atoms with van der Waals surface area (Å²) in [4.78, 5) is 12.5. The summed E-state index contributed by atoms with van der Waals surface area (Å²) in [5.74, 6) is 0. The van der Waals surface area contributed by atoms with Crippen LogP contribution < -0.4 is 10.6 Å². The first kappa shape index (κ1) is 13.1. The van der Waals surface area contributed by atoms with Gasteiger partial charge in [-0.2, -0.15) is 0 Å². The number of hydrogen-bond donors (Lipinski definition) is 1. The van der Waals surface area contributed by atoms with Crippen molar-refractivity contribution in [3.63, 3.8) is 0 Å². The van der Waals surface area contributed by atoms with Gasteiger partial charge in [0.25, 0.3) is 5.69 Å². The third-order valence-electron chi connectivity index (χ3n) is 3.26. The molecule has 0 aliphatic carbocycles. The number of piperidine rings is 1. The highest BCUT2D eigenvalue weighted by molar-refractivity contribution is 6.33. The molecule has 1 aliphatic rings. The van der Waals surface area contributed by atoms with Crippen LogP contribution in [0.3, 0.4) is 0 Å². The van der Waals surface area contributed by atoms with Gasteiger partial charge in [-0.1, -0.05) is 11.6 Å². The largest absolute Gasteiger partial charge is 0.370 e. The van der Waals surface area contributed by atoms with Crippen LogP contribution in [0.15, 0.2) is 12.1 Å². The van der Waals surface area contributed by atoms with E-state index in [1.807, 2.05) is 6.92 Å². The second-order valence-corrected chi connectivity index (χ2v) is 5.10. The fraction of sp³-hybridized carbons (Fsp3) is 0.500. The summed E-state index contributed by atoms with van der Waals surface area (Å²) in [6.45, 7) is 3.55. The van der Waals surface area contributed by atoms with E-state index in [1.165, 1.54) is 6.07 Å². The Kier molecular flexibility index (Phi) is 3.73. The van der Waals surface area contributed by atoms with Gasteiger partial charge in [-0.3, -0.25) is 10.1 Å². The molecule has 18 heavy (non-hydrogen) atoms. The molecule has 0 radical (unpaired) electrons. The van der Waals surface area contributed by atoms with Crippen LogP contribution in [0.1, 0.15) is 18.4 Å². The van der Waals surface area contributed by atoms with E-state index in [4.69, 9.17) is 17.3 Å². The summed E-state index contributed by atoms with van der Waals surface area (Å²) >= 11 is 5.95. The first-order valence-electron chi connectivity index (χ1n) is 5.94. The first-order valence-corrected chi connectivity index (χ1v) is 6.32. The van der Waals surface area contributed by atoms with E-state index in [2.05, 4.69) is 4.90 Å². The molecule has 0 saturated carbocycles. The maximum Gasteiger partial charge on any atom is 0.288 e. The molecule has 0 spiro atoms. The summed E-state index contributed by atoms with van der Waals surface area (Å²) in [5, 5.41) is 11.0. The molecule has 1 aliphatic heterocycles. The number of nitrogens with two attached hydrogens (primary N) is 1. The van der Waals surface area contributed by atoms with E-state index in [9.17, 15) is 10.1 Å². The molecule has 1 aromatic rings. The molecular formula is C12H16ClN3O2. The van der Waals surface area contributed by atoms with Crippen molar-refractivity contribution in [3.8, 4) is 0 Å². The van der Waals surface area contributed by atoms with Crippen LogP contribution >= 0.6 is 11.6 Å². The number of benzene rings is 1. The van der Waals surface area contributed by atoms with Gasteiger partial charge >= 0.3 is 0 Å². The average molecular weight is 270 g/mol. The highest BCUT2D eigenvalue weighted by Crippen LogP contribution is 2.33. The number of hydrogen-bond acceptors (Lipinski definition) is 4. The predicted molar refractivity (Wildman–Crippen MR) is 72.3 cm³/mol. The Morgan fingerprint density at radius 2 is 2.28 bits per heavy atom. The molecule has 1 fully saturated rings. The first-order chi connectivity index (χ1) is 8.49. The van der Waals surface area contributed by atoms with Crippen LogP contribution in [0.2, 0.25) is 5.02 Å². The van der Waals surface area contributed by atoms with Crippen molar-refractivity contribution in [2.24, 2.45) is 5.73 Å². The smallest absolute Gasteiger partial charge is 0.288 e. The fourth-order valence-electron chi connectivity index (χ4n) is 2.37. The molecule has 1 heterocycles. The zero-order valence-electron chi connectivity index (χ0n) is 10.2. The maximum atomic E-state index is 10.8. The third kappa shape index (κ3) is 2.57. The Balaban J connectivity index is 2.34. The number of rotatable bonds is 2. The van der Waals surface area contributed by atoms with Gasteiger partial charge in [0.05, 0.1) is 4.92 Å². The van der Waals surface area contributed by atoms with Crippen LogP contribution in [-0.4, -0.2) is 24.1 Å². The summed E-state index contributed by atoms with van der Waals surface area (Å²) in [6.07, 6.45) is 2.06. The van der Waals surface area contributed by atoms with Crippen molar-refractivity contribution in [2.75, 3.05) is 18.0 Å². The van der Waals surface area contributed by atoms with Crippen molar-refractivity contribution in [2.45, 2.75) is 25.8 Å². The normalized spacial score (nSPS) is 19.9. The highest BCUT2D eigenvalue weighted by atomic mass is 35.5. The molecule has 1 aromatic carbocycles. The Labute approximate surface area is 111 Å². The summed E-state index contributed by atoms with van der Waals surface area (Å²) in [7, 11) is 0. The van der Waals surface area contributed by atoms with E-state index in [0.29, 0.717) is 0 Å². The lowest BCUT2D eigenvalue weighted by atomic mass is 10.0.